The van der Waals surface area contributed by atoms with Gasteiger partial charge in [0.1, 0.15) is 11.2 Å². The number of benzene rings is 7. The zero-order valence-corrected chi connectivity index (χ0v) is 19.6. The van der Waals surface area contributed by atoms with E-state index in [2.05, 4.69) is 0 Å². The van der Waals surface area contributed by atoms with Gasteiger partial charge in [-0.3, -0.25) is 0 Å². The summed E-state index contributed by atoms with van der Waals surface area (Å²) in [7, 11) is 0. The van der Waals surface area contributed by atoms with E-state index in [4.69, 9.17) is 26.3 Å². The van der Waals surface area contributed by atoms with Gasteiger partial charge in [-0.15, -0.1) is 0 Å². The first-order chi connectivity index (χ1) is 28.5. The van der Waals surface area contributed by atoms with Gasteiger partial charge < -0.3 is 4.42 Å². The molecule has 0 saturated carbocycles. The fourth-order valence-electron chi connectivity index (χ4n) is 4.76. The number of hydrogen-bond acceptors (Lipinski definition) is 1. The Morgan fingerprint density at radius 3 is 1.74 bits per heavy atom. The molecule has 182 valence electrons. The lowest BCUT2D eigenvalue weighted by atomic mass is 9.85. The normalized spacial score (nSPS) is 19.5. The third-order valence-corrected chi connectivity index (χ3v) is 6.34. The van der Waals surface area contributed by atoms with E-state index in [9.17, 15) is 8.22 Å². The van der Waals surface area contributed by atoms with Crippen LogP contribution < -0.4 is 0 Å². The smallest absolute Gasteiger partial charge is 0.136 e. The SMILES string of the molecule is [2H]c1cc(-c2cc([2H])c3oc4c([2H])c([2H])c([2H])c(-c5c6c([2H])c([2H])c([2H])c([2H])c6c(-c6c([2H])c([2H])c([2H])c([2H])c6[2H])c6c([2H])c([2H])c([2H])c([2H])c56)c4c3c2[2H])c([2H])c([2H])c1[2H]. The van der Waals surface area contributed by atoms with E-state index in [1.54, 1.807) is 0 Å². The van der Waals surface area contributed by atoms with Crippen LogP contribution in [0.15, 0.2) is 149 Å². The van der Waals surface area contributed by atoms with Crippen LogP contribution >= 0.6 is 0 Å². The van der Waals surface area contributed by atoms with E-state index in [1.807, 2.05) is 0 Å². The van der Waals surface area contributed by atoms with E-state index in [-0.39, 0.29) is 16.5 Å². The lowest BCUT2D eigenvalue weighted by molar-refractivity contribution is 0.669. The summed E-state index contributed by atoms with van der Waals surface area (Å²) in [5.74, 6) is 0. The Kier molecular flexibility index (Phi) is 2.07. The second-order valence-electron chi connectivity index (χ2n) is 8.42. The second-order valence-corrected chi connectivity index (χ2v) is 8.42. The molecular formula is C38H24O. The fourth-order valence-corrected chi connectivity index (χ4v) is 4.76. The third-order valence-electron chi connectivity index (χ3n) is 6.34. The Balaban J connectivity index is 1.76. The molecular weight excluding hydrogens is 472 g/mol. The molecule has 8 rings (SSSR count). The monoisotopic (exact) mass is 518 g/mol. The fraction of sp³-hybridized carbons (Fsp3) is 0. The van der Waals surface area contributed by atoms with Gasteiger partial charge in [0.05, 0.1) is 30.2 Å². The van der Waals surface area contributed by atoms with Crippen molar-refractivity contribution in [2.75, 3.05) is 0 Å². The molecule has 0 aliphatic carbocycles. The lowest BCUT2D eigenvalue weighted by Crippen LogP contribution is -1.91. The van der Waals surface area contributed by atoms with Crippen LogP contribution in [0.1, 0.15) is 30.2 Å². The summed E-state index contributed by atoms with van der Waals surface area (Å²) in [4.78, 5) is 0. The van der Waals surface area contributed by atoms with Gasteiger partial charge in [0.25, 0.3) is 0 Å². The summed E-state index contributed by atoms with van der Waals surface area (Å²) < 4.78 is 200. The predicted octanol–water partition coefficient (Wildman–Crippen LogP) is 10.9. The quantitative estimate of drug-likeness (QED) is 0.212. The van der Waals surface area contributed by atoms with E-state index >= 15 is 0 Å². The van der Waals surface area contributed by atoms with Gasteiger partial charge >= 0.3 is 0 Å². The molecule has 8 aromatic rings. The topological polar surface area (TPSA) is 13.1 Å². The maximum absolute atomic E-state index is 9.47. The molecule has 1 heterocycles. The molecule has 0 atom stereocenters. The minimum atomic E-state index is -0.899. The van der Waals surface area contributed by atoms with Gasteiger partial charge in [0, 0.05) is 10.8 Å². The standard InChI is InChI=1S/C38H24O/c1-3-12-25(13-4-1)27-22-23-34-33(24-27)38-32(20-11-21-35(38)39-34)37-30-18-9-7-16-28(30)36(26-14-5-2-6-15-26)29-17-8-10-19-31(29)37/h1-24H/i1D,2D,3D,4D,5D,6D,7D,8D,9D,10D,11D,12D,14D,15D,16D,17D,18D,19D,20D,21D,23D,24D. The molecule has 1 nitrogen and oxygen atoms in total. The molecule has 7 aromatic carbocycles. The van der Waals surface area contributed by atoms with Crippen molar-refractivity contribution in [3.63, 3.8) is 0 Å². The van der Waals surface area contributed by atoms with Crippen molar-refractivity contribution in [2.24, 2.45) is 0 Å². The van der Waals surface area contributed by atoms with Crippen molar-refractivity contribution in [1.29, 1.82) is 0 Å². The van der Waals surface area contributed by atoms with Crippen molar-refractivity contribution < 1.29 is 34.6 Å². The zero-order chi connectivity index (χ0) is 44.9. The van der Waals surface area contributed by atoms with Gasteiger partial charge in [-0.1, -0.05) is 127 Å². The molecule has 0 unspecified atom stereocenters. The zero-order valence-electron chi connectivity index (χ0n) is 41.6. The van der Waals surface area contributed by atoms with Gasteiger partial charge in [-0.25, -0.2) is 0 Å². The molecule has 0 N–H and O–H groups in total. The first kappa shape index (κ1) is 9.25. The average Bonchev–Trinajstić information content (AvgIpc) is 3.64. The molecule has 0 aliphatic rings. The molecule has 0 bridgehead atoms. The summed E-state index contributed by atoms with van der Waals surface area (Å²) in [5, 5.41) is -3.17. The highest BCUT2D eigenvalue weighted by atomic mass is 16.3. The average molecular weight is 519 g/mol. The van der Waals surface area contributed by atoms with Crippen LogP contribution in [0.25, 0.3) is 76.9 Å². The maximum atomic E-state index is 9.47. The highest BCUT2D eigenvalue weighted by Gasteiger charge is 2.20. The molecule has 0 aliphatic heterocycles. The van der Waals surface area contributed by atoms with Crippen LogP contribution in [0, 0.1) is 0 Å². The van der Waals surface area contributed by atoms with Crippen molar-refractivity contribution in [3.05, 3.63) is 145 Å². The van der Waals surface area contributed by atoms with Crippen molar-refractivity contribution >= 4 is 43.5 Å². The Morgan fingerprint density at radius 1 is 0.410 bits per heavy atom. The van der Waals surface area contributed by atoms with Gasteiger partial charge in [0.15, 0.2) is 0 Å². The summed E-state index contributed by atoms with van der Waals surface area (Å²) >= 11 is 0. The van der Waals surface area contributed by atoms with E-state index in [1.165, 1.54) is 0 Å². The summed E-state index contributed by atoms with van der Waals surface area (Å²) in [6.45, 7) is 0. The minimum Gasteiger partial charge on any atom is -0.456 e. The number of furan rings is 1. The highest BCUT2D eigenvalue weighted by Crippen LogP contribution is 2.47. The van der Waals surface area contributed by atoms with Crippen LogP contribution in [-0.4, -0.2) is 0 Å². The molecule has 0 fully saturated rings. The van der Waals surface area contributed by atoms with Crippen molar-refractivity contribution in [1.82, 2.24) is 0 Å². The van der Waals surface area contributed by atoms with Gasteiger partial charge in [0.2, 0.25) is 0 Å². The van der Waals surface area contributed by atoms with Crippen LogP contribution in [0.2, 0.25) is 0 Å². The van der Waals surface area contributed by atoms with Crippen molar-refractivity contribution in [3.8, 4) is 33.4 Å². The Labute approximate surface area is 257 Å². The van der Waals surface area contributed by atoms with Crippen LogP contribution in [0.5, 0.6) is 0 Å². The molecule has 0 radical (unpaired) electrons. The minimum absolute atomic E-state index is 0.223. The molecule has 0 amide bonds. The van der Waals surface area contributed by atoms with E-state index < -0.39 is 193 Å². The lowest BCUT2D eigenvalue weighted by Gasteiger charge is -2.18. The van der Waals surface area contributed by atoms with Crippen LogP contribution in [0.3, 0.4) is 0 Å². The Hall–Kier alpha value is -5.14. The first-order valence-corrected chi connectivity index (χ1v) is 11.6. The van der Waals surface area contributed by atoms with Gasteiger partial charge in [-0.05, 0) is 73.1 Å². The van der Waals surface area contributed by atoms with Crippen molar-refractivity contribution in [2.45, 2.75) is 0 Å². The summed E-state index contributed by atoms with van der Waals surface area (Å²) in [6.07, 6.45) is 0. The second kappa shape index (κ2) is 8.72. The maximum Gasteiger partial charge on any atom is 0.136 e. The molecule has 39 heavy (non-hydrogen) atoms. The van der Waals surface area contributed by atoms with Gasteiger partial charge in [-0.2, -0.15) is 0 Å². The molecule has 1 heteroatoms. The first-order valence-electron chi connectivity index (χ1n) is 22.6. The van der Waals surface area contributed by atoms with E-state index in [0.717, 1.165) is 12.1 Å². The number of rotatable bonds is 3. The largest absolute Gasteiger partial charge is 0.456 e. The Bertz CT molecular complexity index is 3280. The highest BCUT2D eigenvalue weighted by molar-refractivity contribution is 6.25. The van der Waals surface area contributed by atoms with E-state index in [0.29, 0.717) is 0 Å². The molecule has 0 saturated heterocycles. The van der Waals surface area contributed by atoms with Crippen LogP contribution in [-0.2, 0) is 0 Å². The number of fused-ring (bicyclic) bond motifs is 5. The Morgan fingerprint density at radius 2 is 1.03 bits per heavy atom. The summed E-state index contributed by atoms with van der Waals surface area (Å²) in [5.41, 5.74) is -3.80. The molecule has 1 aromatic heterocycles. The summed E-state index contributed by atoms with van der Waals surface area (Å²) in [6, 6.07) is -15.1. The predicted molar refractivity (Wildman–Crippen MR) is 165 cm³/mol. The number of hydrogen-bond donors (Lipinski definition) is 0. The third kappa shape index (κ3) is 3.41. The molecule has 0 spiro atoms. The van der Waals surface area contributed by atoms with Crippen LogP contribution in [0.4, 0.5) is 0 Å².